The van der Waals surface area contributed by atoms with Crippen LogP contribution in [0.15, 0.2) is 17.1 Å². The Morgan fingerprint density at radius 1 is 1.34 bits per heavy atom. The summed E-state index contributed by atoms with van der Waals surface area (Å²) in [4.78, 5) is 26.3. The number of nitrogens with two attached hydrogens (primary N) is 1. The quantitative estimate of drug-likeness (QED) is 0.702. The summed E-state index contributed by atoms with van der Waals surface area (Å²) in [6.45, 7) is 5.53. The third-order valence-corrected chi connectivity index (χ3v) is 6.75. The number of benzene rings is 1. The highest BCUT2D eigenvalue weighted by atomic mass is 35.5. The van der Waals surface area contributed by atoms with Crippen LogP contribution in [0.25, 0.3) is 10.9 Å². The van der Waals surface area contributed by atoms with Crippen molar-refractivity contribution in [2.45, 2.75) is 45.2 Å². The molecular weight excluding hydrogens is 394 g/mol. The van der Waals surface area contributed by atoms with Gasteiger partial charge in [0, 0.05) is 31.4 Å². The van der Waals surface area contributed by atoms with Crippen LogP contribution in [0.3, 0.4) is 0 Å². The molecule has 1 aromatic carbocycles. The number of fused-ring (bicyclic) bond motifs is 1. The van der Waals surface area contributed by atoms with Crippen molar-refractivity contribution in [1.82, 2.24) is 4.57 Å². The first-order chi connectivity index (χ1) is 13.7. The molecule has 156 valence electrons. The number of hydrogen-bond donors (Lipinski definition) is 3. The molecule has 2 aliphatic rings. The van der Waals surface area contributed by atoms with E-state index in [9.17, 15) is 19.8 Å². The average molecular weight is 420 g/mol. The molecule has 1 aliphatic heterocycles. The van der Waals surface area contributed by atoms with Crippen LogP contribution >= 0.6 is 11.6 Å². The predicted molar refractivity (Wildman–Crippen MR) is 113 cm³/mol. The van der Waals surface area contributed by atoms with Gasteiger partial charge >= 0.3 is 5.97 Å². The molecule has 1 aliphatic carbocycles. The maximum Gasteiger partial charge on any atom is 0.341 e. The maximum atomic E-state index is 12.7. The Morgan fingerprint density at radius 3 is 2.59 bits per heavy atom. The van der Waals surface area contributed by atoms with Crippen LogP contribution in [0.5, 0.6) is 5.75 Å². The highest BCUT2D eigenvalue weighted by Gasteiger charge is 2.35. The average Bonchev–Trinajstić information content (AvgIpc) is 3.47. The monoisotopic (exact) mass is 419 g/mol. The van der Waals surface area contributed by atoms with Gasteiger partial charge in [0.25, 0.3) is 0 Å². The van der Waals surface area contributed by atoms with E-state index in [1.807, 2.05) is 4.90 Å². The van der Waals surface area contributed by atoms with Crippen molar-refractivity contribution in [1.29, 1.82) is 0 Å². The fourth-order valence-electron chi connectivity index (χ4n) is 4.80. The van der Waals surface area contributed by atoms with E-state index in [0.717, 1.165) is 19.3 Å². The third kappa shape index (κ3) is 3.26. The van der Waals surface area contributed by atoms with Crippen molar-refractivity contribution in [2.24, 2.45) is 17.6 Å². The lowest BCUT2D eigenvalue weighted by Crippen LogP contribution is -2.52. The van der Waals surface area contributed by atoms with Gasteiger partial charge in [0.05, 0.1) is 15.9 Å². The van der Waals surface area contributed by atoms with Crippen molar-refractivity contribution >= 4 is 34.2 Å². The summed E-state index contributed by atoms with van der Waals surface area (Å²) in [5.74, 6) is -0.684. The zero-order chi connectivity index (χ0) is 21.0. The molecule has 0 amide bonds. The summed E-state index contributed by atoms with van der Waals surface area (Å²) in [6, 6.07) is 1.42. The van der Waals surface area contributed by atoms with Crippen LogP contribution in [0, 0.1) is 11.8 Å². The lowest BCUT2D eigenvalue weighted by Gasteiger charge is -2.42. The zero-order valence-electron chi connectivity index (χ0n) is 16.6. The van der Waals surface area contributed by atoms with E-state index in [0.29, 0.717) is 36.1 Å². The Balaban J connectivity index is 1.91. The summed E-state index contributed by atoms with van der Waals surface area (Å²) >= 11 is 6.78. The van der Waals surface area contributed by atoms with E-state index in [-0.39, 0.29) is 33.8 Å². The Labute approximate surface area is 173 Å². The fraction of sp³-hybridized carbons (Fsp3) is 0.524. The number of carboxylic acid groups (broad SMARTS) is 1. The Hall–Kier alpha value is -2.25. The van der Waals surface area contributed by atoms with Gasteiger partial charge in [0.15, 0.2) is 0 Å². The first-order valence-electron chi connectivity index (χ1n) is 10.1. The molecule has 0 spiro atoms. The van der Waals surface area contributed by atoms with Crippen molar-refractivity contribution in [2.75, 3.05) is 18.0 Å². The maximum absolute atomic E-state index is 12.7. The molecule has 3 atom stereocenters. The number of rotatable bonds is 4. The molecule has 1 aromatic heterocycles. The lowest BCUT2D eigenvalue weighted by atomic mass is 9.81. The summed E-state index contributed by atoms with van der Waals surface area (Å²) in [7, 11) is 0. The molecular formula is C21H26ClN3O4. The van der Waals surface area contributed by atoms with E-state index in [1.165, 1.54) is 12.3 Å². The Kier molecular flexibility index (Phi) is 4.99. The van der Waals surface area contributed by atoms with E-state index in [1.54, 1.807) is 4.57 Å². The predicted octanol–water partition coefficient (Wildman–Crippen LogP) is 3.20. The number of piperidine rings is 1. The van der Waals surface area contributed by atoms with Crippen molar-refractivity contribution in [3.05, 3.63) is 33.1 Å². The van der Waals surface area contributed by atoms with Gasteiger partial charge in [-0.1, -0.05) is 31.9 Å². The Bertz CT molecular complexity index is 1030. The number of aromatic carboxylic acids is 1. The van der Waals surface area contributed by atoms with Gasteiger partial charge in [-0.25, -0.2) is 4.79 Å². The molecule has 1 saturated heterocycles. The number of phenolic OH excluding ortho intramolecular Hbond substituents is 1. The highest BCUT2D eigenvalue weighted by molar-refractivity contribution is 6.38. The Morgan fingerprint density at radius 2 is 2.03 bits per heavy atom. The second-order valence-electron chi connectivity index (χ2n) is 8.39. The minimum absolute atomic E-state index is 0.0464. The largest absolute Gasteiger partial charge is 0.506 e. The molecule has 4 N–H and O–H groups in total. The van der Waals surface area contributed by atoms with Gasteiger partial charge < -0.3 is 25.4 Å². The van der Waals surface area contributed by atoms with Crippen molar-refractivity contribution < 1.29 is 15.0 Å². The molecule has 2 heterocycles. The van der Waals surface area contributed by atoms with E-state index < -0.39 is 11.4 Å². The van der Waals surface area contributed by atoms with Gasteiger partial charge in [0.1, 0.15) is 17.0 Å². The van der Waals surface area contributed by atoms with Crippen molar-refractivity contribution in [3.63, 3.8) is 0 Å². The topological polar surface area (TPSA) is 109 Å². The SMILES string of the molecule is CC[C@@H]1[C@H](N)CN(c2c(O)cc3c(=O)c(C(=O)O)cn(C4CC4)c3c2Cl)C[C@@H]1C. The lowest BCUT2D eigenvalue weighted by molar-refractivity contribution is 0.0695. The molecule has 29 heavy (non-hydrogen) atoms. The van der Waals surface area contributed by atoms with Crippen LogP contribution in [-0.2, 0) is 0 Å². The minimum atomic E-state index is -1.28. The standard InChI is InChI=1S/C21H26ClN3O4/c1-3-12-10(2)7-24(9-15(12)23)19-16(26)6-13-18(17(19)22)25(11-4-5-11)8-14(20(13)27)21(28)29/h6,8,10-12,15,26H,3-5,7,9,23H2,1-2H3,(H,28,29)/t10-,12-,15+/m0/s1. The second kappa shape index (κ2) is 7.22. The van der Waals surface area contributed by atoms with E-state index in [4.69, 9.17) is 17.3 Å². The smallest absolute Gasteiger partial charge is 0.341 e. The molecule has 7 nitrogen and oxygen atoms in total. The molecule has 0 radical (unpaired) electrons. The summed E-state index contributed by atoms with van der Waals surface area (Å²) in [5.41, 5.74) is 6.40. The molecule has 4 rings (SSSR count). The van der Waals surface area contributed by atoms with Gasteiger partial charge in [0.2, 0.25) is 5.43 Å². The number of hydrogen-bond acceptors (Lipinski definition) is 5. The van der Waals surface area contributed by atoms with Crippen LogP contribution in [0.4, 0.5) is 5.69 Å². The third-order valence-electron chi connectivity index (χ3n) is 6.39. The van der Waals surface area contributed by atoms with Crippen LogP contribution in [0.2, 0.25) is 5.02 Å². The number of nitrogens with zero attached hydrogens (tertiary/aromatic N) is 2. The summed E-state index contributed by atoms with van der Waals surface area (Å²) in [6.07, 6.45) is 4.17. The first-order valence-corrected chi connectivity index (χ1v) is 10.5. The second-order valence-corrected chi connectivity index (χ2v) is 8.77. The first kappa shape index (κ1) is 20.0. The number of aromatic nitrogens is 1. The highest BCUT2D eigenvalue weighted by Crippen LogP contribution is 2.45. The molecule has 8 heteroatoms. The van der Waals surface area contributed by atoms with E-state index in [2.05, 4.69) is 13.8 Å². The molecule has 0 bridgehead atoms. The van der Waals surface area contributed by atoms with Crippen LogP contribution < -0.4 is 16.1 Å². The van der Waals surface area contributed by atoms with Gasteiger partial charge in [-0.15, -0.1) is 0 Å². The van der Waals surface area contributed by atoms with E-state index >= 15 is 0 Å². The summed E-state index contributed by atoms with van der Waals surface area (Å²) < 4.78 is 1.79. The fourth-order valence-corrected chi connectivity index (χ4v) is 5.22. The number of phenols is 1. The van der Waals surface area contributed by atoms with Crippen LogP contribution in [-0.4, -0.2) is 39.9 Å². The zero-order valence-corrected chi connectivity index (χ0v) is 17.3. The van der Waals surface area contributed by atoms with Crippen molar-refractivity contribution in [3.8, 4) is 5.75 Å². The van der Waals surface area contributed by atoms with Crippen LogP contribution in [0.1, 0.15) is 49.5 Å². The van der Waals surface area contributed by atoms with Gasteiger partial charge in [-0.05, 0) is 30.7 Å². The number of halogens is 1. The number of aromatic hydroxyl groups is 1. The molecule has 2 aromatic rings. The van der Waals surface area contributed by atoms with Gasteiger partial charge in [-0.2, -0.15) is 0 Å². The number of pyridine rings is 1. The number of carboxylic acids is 1. The molecule has 0 unspecified atom stereocenters. The normalized spacial score (nSPS) is 24.8. The number of anilines is 1. The van der Waals surface area contributed by atoms with Gasteiger partial charge in [-0.3, -0.25) is 4.79 Å². The molecule has 2 fully saturated rings. The number of carbonyl (C=O) groups is 1. The summed E-state index contributed by atoms with van der Waals surface area (Å²) in [5, 5.41) is 20.6. The minimum Gasteiger partial charge on any atom is -0.506 e. The molecule has 1 saturated carbocycles.